The van der Waals surface area contributed by atoms with Gasteiger partial charge < -0.3 is 4.42 Å². The maximum Gasteiger partial charge on any atom is 0.164 e. The van der Waals surface area contributed by atoms with Crippen LogP contribution < -0.4 is 0 Å². The smallest absolute Gasteiger partial charge is 0.164 e. The molecule has 290 valence electrons. The SMILES string of the molecule is [2H]c1c(-c2ccccc2)c([2H])c2c(oc3c([2H])c(-c4nc(-c5cccc(-c6ccccc6)c5)nc(-c5ccc6c(c5)C(c5ccccc5)(c5ccccc5)c5ccccc5-6)n4)c([2H])c([2H])c32)c1[2H]. The van der Waals surface area contributed by atoms with E-state index < -0.39 is 5.41 Å². The highest BCUT2D eigenvalue weighted by Crippen LogP contribution is 2.56. The summed E-state index contributed by atoms with van der Waals surface area (Å²) in [6.07, 6.45) is 0. The van der Waals surface area contributed by atoms with Gasteiger partial charge in [-0.25, -0.2) is 15.0 Å². The van der Waals surface area contributed by atoms with Crippen LogP contribution in [0.3, 0.4) is 0 Å². The van der Waals surface area contributed by atoms with Crippen molar-refractivity contribution in [1.29, 1.82) is 0 Å². The van der Waals surface area contributed by atoms with Crippen molar-refractivity contribution in [3.05, 3.63) is 247 Å². The Hall–Kier alpha value is -8.21. The highest BCUT2D eigenvalue weighted by atomic mass is 16.3. The fourth-order valence-corrected chi connectivity index (χ4v) is 9.05. The topological polar surface area (TPSA) is 51.8 Å². The van der Waals surface area contributed by atoms with Gasteiger partial charge in [0.2, 0.25) is 0 Å². The monoisotopic (exact) mass is 797 g/mol. The van der Waals surface area contributed by atoms with Crippen molar-refractivity contribution in [1.82, 2.24) is 15.0 Å². The van der Waals surface area contributed by atoms with E-state index in [1.54, 1.807) is 24.3 Å². The predicted octanol–water partition coefficient (Wildman–Crippen LogP) is 14.5. The lowest BCUT2D eigenvalue weighted by atomic mass is 9.67. The molecule has 0 fully saturated rings. The van der Waals surface area contributed by atoms with Gasteiger partial charge in [-0.1, -0.05) is 188 Å². The van der Waals surface area contributed by atoms with E-state index in [-0.39, 0.29) is 75.1 Å². The summed E-state index contributed by atoms with van der Waals surface area (Å²) in [4.78, 5) is 15.2. The van der Waals surface area contributed by atoms with E-state index in [2.05, 4.69) is 84.9 Å². The summed E-state index contributed by atoms with van der Waals surface area (Å²) in [6, 6.07) is 61.1. The molecule has 0 spiro atoms. The molecule has 2 heterocycles. The minimum atomic E-state index is -0.699. The number of furan rings is 1. The first-order valence-electron chi connectivity index (χ1n) is 23.5. The van der Waals surface area contributed by atoms with Crippen LogP contribution in [-0.4, -0.2) is 15.0 Å². The normalized spacial score (nSPS) is 14.0. The molecule has 0 N–H and O–H groups in total. The van der Waals surface area contributed by atoms with E-state index in [0.717, 1.165) is 44.5 Å². The molecule has 0 atom stereocenters. The zero-order valence-electron chi connectivity index (χ0n) is 39.1. The first-order valence-corrected chi connectivity index (χ1v) is 20.5. The van der Waals surface area contributed by atoms with E-state index in [1.165, 1.54) is 0 Å². The first kappa shape index (κ1) is 29.9. The Balaban J connectivity index is 1.12. The summed E-state index contributed by atoms with van der Waals surface area (Å²) in [5.41, 5.74) is 9.72. The van der Waals surface area contributed by atoms with Crippen molar-refractivity contribution in [3.63, 3.8) is 0 Å². The van der Waals surface area contributed by atoms with Crippen LogP contribution in [0.25, 0.3) is 89.5 Å². The van der Waals surface area contributed by atoms with E-state index in [0.29, 0.717) is 28.3 Å². The number of rotatable bonds is 7. The van der Waals surface area contributed by atoms with Crippen LogP contribution >= 0.6 is 0 Å². The van der Waals surface area contributed by atoms with Gasteiger partial charge in [-0.15, -0.1) is 0 Å². The average molecular weight is 798 g/mol. The molecule has 4 nitrogen and oxygen atoms in total. The Morgan fingerprint density at radius 2 is 0.887 bits per heavy atom. The molecular formula is C58H37N3O. The molecule has 2 aromatic heterocycles. The fraction of sp³-hybridized carbons (Fsp3) is 0.0172. The zero-order chi connectivity index (χ0) is 46.3. The van der Waals surface area contributed by atoms with Crippen molar-refractivity contribution in [2.75, 3.05) is 0 Å². The van der Waals surface area contributed by atoms with E-state index in [9.17, 15) is 5.48 Å². The molecule has 1 aliphatic carbocycles. The van der Waals surface area contributed by atoms with Crippen molar-refractivity contribution >= 4 is 21.9 Å². The highest BCUT2D eigenvalue weighted by molar-refractivity contribution is 6.07. The number of benzene rings is 9. The van der Waals surface area contributed by atoms with Gasteiger partial charge >= 0.3 is 0 Å². The molecule has 4 heteroatoms. The molecule has 0 saturated heterocycles. The van der Waals surface area contributed by atoms with Crippen LogP contribution in [-0.2, 0) is 5.41 Å². The summed E-state index contributed by atoms with van der Waals surface area (Å²) < 4.78 is 62.3. The van der Waals surface area contributed by atoms with Gasteiger partial charge in [-0.05, 0) is 91.9 Å². The lowest BCUT2D eigenvalue weighted by Crippen LogP contribution is -2.28. The molecule has 1 aliphatic rings. The molecule has 0 unspecified atom stereocenters. The van der Waals surface area contributed by atoms with Crippen LogP contribution in [0.15, 0.2) is 229 Å². The molecular weight excluding hydrogens is 755 g/mol. The Kier molecular flexibility index (Phi) is 7.00. The molecule has 0 radical (unpaired) electrons. The van der Waals surface area contributed by atoms with E-state index >= 15 is 0 Å². The molecule has 9 aromatic carbocycles. The summed E-state index contributed by atoms with van der Waals surface area (Å²) in [5, 5.41) is 0.156. The molecule has 62 heavy (non-hydrogen) atoms. The fourth-order valence-electron chi connectivity index (χ4n) is 9.05. The van der Waals surface area contributed by atoms with Crippen LogP contribution in [0.5, 0.6) is 0 Å². The van der Waals surface area contributed by atoms with Crippen LogP contribution in [0.2, 0.25) is 0 Å². The van der Waals surface area contributed by atoms with Gasteiger partial charge in [-0.3, -0.25) is 0 Å². The number of nitrogens with zero attached hydrogens (tertiary/aromatic N) is 3. The summed E-state index contributed by atoms with van der Waals surface area (Å²) in [6.45, 7) is 0. The lowest BCUT2D eigenvalue weighted by Gasteiger charge is -2.34. The molecule has 11 aromatic rings. The predicted molar refractivity (Wildman–Crippen MR) is 252 cm³/mol. The van der Waals surface area contributed by atoms with Crippen molar-refractivity contribution < 1.29 is 12.6 Å². The molecule has 0 amide bonds. The maximum absolute atomic E-state index is 9.71. The van der Waals surface area contributed by atoms with Crippen LogP contribution in [0.1, 0.15) is 30.5 Å². The Labute approximate surface area is 367 Å². The highest BCUT2D eigenvalue weighted by Gasteiger charge is 2.46. The summed E-state index contributed by atoms with van der Waals surface area (Å²) >= 11 is 0. The van der Waals surface area contributed by atoms with E-state index in [4.69, 9.17) is 22.1 Å². The number of fused-ring (bicyclic) bond motifs is 6. The standard InChI is InChI=1S/C58H37N3O/c1-5-16-38(17-6-1)40-20-15-21-42(34-40)55-59-56(61-57(60-55)44-29-32-49-50-35-41(39-18-7-2-8-19-39)30-33-53(50)62-54(49)37-44)43-28-31-48-47-26-13-14-27-51(47)58(52(48)36-43,45-22-9-3-10-23-45)46-24-11-4-12-25-46/h1-37H/i29D,30D,32D,33D,35D,37D. The van der Waals surface area contributed by atoms with Gasteiger partial charge in [-0.2, -0.15) is 0 Å². The van der Waals surface area contributed by atoms with Crippen LogP contribution in [0, 0.1) is 0 Å². The third kappa shape index (κ3) is 5.80. The maximum atomic E-state index is 9.71. The van der Waals surface area contributed by atoms with Crippen molar-refractivity contribution in [3.8, 4) is 67.5 Å². The largest absolute Gasteiger partial charge is 0.456 e. The zero-order valence-corrected chi connectivity index (χ0v) is 33.1. The van der Waals surface area contributed by atoms with Gasteiger partial charge in [0.1, 0.15) is 11.2 Å². The number of aromatic nitrogens is 3. The minimum absolute atomic E-state index is 0.00881. The second-order valence-corrected chi connectivity index (χ2v) is 15.4. The van der Waals surface area contributed by atoms with Gasteiger partial charge in [0.15, 0.2) is 17.5 Å². The van der Waals surface area contributed by atoms with E-state index in [1.807, 2.05) is 78.9 Å². The third-order valence-corrected chi connectivity index (χ3v) is 11.9. The minimum Gasteiger partial charge on any atom is -0.456 e. The third-order valence-electron chi connectivity index (χ3n) is 11.9. The van der Waals surface area contributed by atoms with Crippen LogP contribution in [0.4, 0.5) is 0 Å². The Morgan fingerprint density at radius 1 is 0.355 bits per heavy atom. The lowest BCUT2D eigenvalue weighted by molar-refractivity contribution is 0.669. The van der Waals surface area contributed by atoms with Gasteiger partial charge in [0, 0.05) is 27.5 Å². The Morgan fingerprint density at radius 3 is 1.58 bits per heavy atom. The molecule has 0 aliphatic heterocycles. The molecule has 0 bridgehead atoms. The summed E-state index contributed by atoms with van der Waals surface area (Å²) in [7, 11) is 0. The van der Waals surface area contributed by atoms with Gasteiger partial charge in [0.25, 0.3) is 0 Å². The summed E-state index contributed by atoms with van der Waals surface area (Å²) in [5.74, 6) is 0.588. The average Bonchev–Trinajstić information content (AvgIpc) is 3.94. The quantitative estimate of drug-likeness (QED) is 0.161. The van der Waals surface area contributed by atoms with Gasteiger partial charge in [0.05, 0.1) is 13.6 Å². The second kappa shape index (κ2) is 14.5. The number of hydrogen-bond donors (Lipinski definition) is 0. The van der Waals surface area contributed by atoms with Crippen molar-refractivity contribution in [2.24, 2.45) is 0 Å². The molecule has 0 saturated carbocycles. The number of hydrogen-bond acceptors (Lipinski definition) is 4. The molecule has 12 rings (SSSR count). The van der Waals surface area contributed by atoms with Crippen molar-refractivity contribution in [2.45, 2.75) is 5.41 Å². The second-order valence-electron chi connectivity index (χ2n) is 15.4. The Bertz CT molecular complexity index is 3770. The first-order chi connectivity index (χ1) is 33.2.